The zero-order valence-corrected chi connectivity index (χ0v) is 17.4. The maximum Gasteiger partial charge on any atom is 0.255 e. The number of hydrogen-bond donors (Lipinski definition) is 2. The van der Waals surface area contributed by atoms with Crippen LogP contribution in [-0.4, -0.2) is 31.5 Å². The third-order valence-electron chi connectivity index (χ3n) is 6.54. The molecule has 0 bridgehead atoms. The van der Waals surface area contributed by atoms with Crippen molar-refractivity contribution in [3.63, 3.8) is 0 Å². The van der Waals surface area contributed by atoms with Crippen molar-refractivity contribution in [2.75, 3.05) is 17.3 Å². The lowest BCUT2D eigenvalue weighted by molar-refractivity contribution is 0.244. The highest BCUT2D eigenvalue weighted by atomic mass is 19.1. The topological polar surface area (TPSA) is 93.1 Å². The van der Waals surface area contributed by atoms with E-state index in [1.54, 1.807) is 10.7 Å². The van der Waals surface area contributed by atoms with E-state index in [2.05, 4.69) is 9.97 Å². The first kappa shape index (κ1) is 19.2. The van der Waals surface area contributed by atoms with Crippen LogP contribution in [-0.2, 0) is 11.8 Å². The van der Waals surface area contributed by atoms with Crippen LogP contribution in [0.3, 0.4) is 0 Å². The zero-order chi connectivity index (χ0) is 21.0. The third-order valence-corrected chi connectivity index (χ3v) is 6.54. The predicted molar refractivity (Wildman–Crippen MR) is 113 cm³/mol. The first-order valence-electron chi connectivity index (χ1n) is 10.7. The van der Waals surface area contributed by atoms with Crippen LogP contribution in [0.15, 0.2) is 18.2 Å². The Labute approximate surface area is 174 Å². The van der Waals surface area contributed by atoms with E-state index in [-0.39, 0.29) is 17.2 Å². The minimum absolute atomic E-state index is 0.284. The highest BCUT2D eigenvalue weighted by molar-refractivity contribution is 5.83. The summed E-state index contributed by atoms with van der Waals surface area (Å²) in [5, 5.41) is 17.0. The molecule has 0 saturated heterocycles. The van der Waals surface area contributed by atoms with Crippen LogP contribution < -0.4 is 10.8 Å². The van der Waals surface area contributed by atoms with E-state index in [1.807, 2.05) is 13.8 Å². The smallest absolute Gasteiger partial charge is 0.255 e. The molecule has 1 saturated carbocycles. The van der Waals surface area contributed by atoms with Crippen molar-refractivity contribution in [2.24, 2.45) is 5.92 Å². The van der Waals surface area contributed by atoms with Crippen LogP contribution in [0.2, 0.25) is 0 Å². The Balaban J connectivity index is 1.59. The molecule has 0 atom stereocenters. The molecule has 2 aliphatic rings. The maximum absolute atomic E-state index is 14.0. The number of hydroxylamine groups is 1. The van der Waals surface area contributed by atoms with Gasteiger partial charge in [0.25, 0.3) is 5.95 Å². The number of nitrogen functional groups attached to an aromatic ring is 1. The predicted octanol–water partition coefficient (Wildman–Crippen LogP) is 4.15. The molecule has 8 heteroatoms. The van der Waals surface area contributed by atoms with Crippen molar-refractivity contribution in [3.8, 4) is 5.95 Å². The second-order valence-corrected chi connectivity index (χ2v) is 9.26. The molecule has 0 radical (unpaired) electrons. The Kier molecular flexibility index (Phi) is 4.43. The summed E-state index contributed by atoms with van der Waals surface area (Å²) in [6.45, 7) is 4.38. The Hall–Kier alpha value is -2.74. The summed E-state index contributed by atoms with van der Waals surface area (Å²) < 4.78 is 15.6. The first-order chi connectivity index (χ1) is 14.3. The van der Waals surface area contributed by atoms with Gasteiger partial charge in [0.05, 0.1) is 17.8 Å². The van der Waals surface area contributed by atoms with E-state index < -0.39 is 0 Å². The molecule has 0 amide bonds. The Bertz CT molecular complexity index is 1120. The standard InChI is InChI=1S/C22H27FN6O/c1-22(2)12-28(30)20-18(22)19(24)25-21(26-20)29-17-10-8-14(23)11-15(17)16(27-29)9-7-13-5-3-4-6-13/h8,10-11,13,30H,3-7,9,12H2,1-2H3,(H2,24,25,26). The van der Waals surface area contributed by atoms with Gasteiger partial charge in [-0.2, -0.15) is 19.7 Å². The largest absolute Gasteiger partial charge is 0.383 e. The van der Waals surface area contributed by atoms with Gasteiger partial charge in [0.2, 0.25) is 0 Å². The second-order valence-electron chi connectivity index (χ2n) is 9.26. The fourth-order valence-corrected chi connectivity index (χ4v) is 5.04. The van der Waals surface area contributed by atoms with Crippen molar-refractivity contribution < 1.29 is 9.60 Å². The van der Waals surface area contributed by atoms with E-state index in [0.29, 0.717) is 18.2 Å². The molecule has 1 aliphatic carbocycles. The minimum Gasteiger partial charge on any atom is -0.383 e. The molecule has 30 heavy (non-hydrogen) atoms. The molecule has 5 rings (SSSR count). The molecule has 158 valence electrons. The van der Waals surface area contributed by atoms with E-state index in [4.69, 9.17) is 10.8 Å². The fourth-order valence-electron chi connectivity index (χ4n) is 5.04. The number of fused-ring (bicyclic) bond motifs is 2. The molecule has 0 unspecified atom stereocenters. The number of benzene rings is 1. The van der Waals surface area contributed by atoms with E-state index >= 15 is 0 Å². The normalized spacial score (nSPS) is 18.5. The van der Waals surface area contributed by atoms with Crippen molar-refractivity contribution >= 4 is 22.5 Å². The third kappa shape index (κ3) is 3.10. The zero-order valence-electron chi connectivity index (χ0n) is 17.4. The molecule has 1 aliphatic heterocycles. The summed E-state index contributed by atoms with van der Waals surface area (Å²) in [5.41, 5.74) is 8.24. The number of aryl methyl sites for hydroxylation is 1. The van der Waals surface area contributed by atoms with Gasteiger partial charge in [0, 0.05) is 16.4 Å². The minimum atomic E-state index is -0.353. The van der Waals surface area contributed by atoms with Crippen LogP contribution in [0.25, 0.3) is 16.9 Å². The van der Waals surface area contributed by atoms with Crippen molar-refractivity contribution in [3.05, 3.63) is 35.3 Å². The molecule has 1 aromatic carbocycles. The molecule has 1 fully saturated rings. The van der Waals surface area contributed by atoms with Gasteiger partial charge in [-0.1, -0.05) is 39.5 Å². The molecule has 0 spiro atoms. The average molecular weight is 410 g/mol. The lowest BCUT2D eigenvalue weighted by Crippen LogP contribution is -2.26. The number of hydrogen-bond acceptors (Lipinski definition) is 6. The molecule has 3 heterocycles. The molecule has 7 nitrogen and oxygen atoms in total. The van der Waals surface area contributed by atoms with Crippen LogP contribution in [0, 0.1) is 11.7 Å². The number of nitrogens with two attached hydrogens (primary N) is 1. The van der Waals surface area contributed by atoms with E-state index in [1.165, 1.54) is 37.8 Å². The summed E-state index contributed by atoms with van der Waals surface area (Å²) in [6.07, 6.45) is 6.96. The van der Waals surface area contributed by atoms with Gasteiger partial charge in [0.15, 0.2) is 5.82 Å². The van der Waals surface area contributed by atoms with Crippen LogP contribution in [0.4, 0.5) is 16.0 Å². The second kappa shape index (κ2) is 6.91. The molecule has 3 aromatic rings. The Morgan fingerprint density at radius 1 is 1.23 bits per heavy atom. The highest BCUT2D eigenvalue weighted by Crippen LogP contribution is 2.41. The number of nitrogens with zero attached hydrogens (tertiary/aromatic N) is 5. The van der Waals surface area contributed by atoms with Gasteiger partial charge in [0.1, 0.15) is 11.6 Å². The van der Waals surface area contributed by atoms with Gasteiger partial charge in [-0.25, -0.2) is 9.45 Å². The van der Waals surface area contributed by atoms with Gasteiger partial charge >= 0.3 is 0 Å². The summed E-state index contributed by atoms with van der Waals surface area (Å²) in [5.74, 6) is 1.44. The van der Waals surface area contributed by atoms with E-state index in [9.17, 15) is 9.60 Å². The molecule has 2 aromatic heterocycles. The van der Waals surface area contributed by atoms with Gasteiger partial charge in [-0.15, -0.1) is 0 Å². The SMILES string of the molecule is CC1(C)CN(O)c2nc(-n3nc(CCC4CCCC4)c4cc(F)ccc43)nc(N)c21. The van der Waals surface area contributed by atoms with Crippen LogP contribution in [0.5, 0.6) is 0 Å². The Morgan fingerprint density at radius 3 is 2.77 bits per heavy atom. The van der Waals surface area contributed by atoms with Crippen molar-refractivity contribution in [1.82, 2.24) is 19.7 Å². The van der Waals surface area contributed by atoms with E-state index in [0.717, 1.165) is 46.0 Å². The summed E-state index contributed by atoms with van der Waals surface area (Å²) in [6, 6.07) is 4.64. The van der Waals surface area contributed by atoms with Crippen molar-refractivity contribution in [1.29, 1.82) is 0 Å². The lowest BCUT2D eigenvalue weighted by atomic mass is 9.88. The quantitative estimate of drug-likeness (QED) is 0.671. The molecular weight excluding hydrogens is 383 g/mol. The maximum atomic E-state index is 14.0. The molecule has 3 N–H and O–H groups in total. The van der Waals surface area contributed by atoms with Gasteiger partial charge in [-0.05, 0) is 37.0 Å². The number of rotatable bonds is 4. The number of anilines is 2. The number of halogens is 1. The van der Waals surface area contributed by atoms with Gasteiger partial charge < -0.3 is 5.73 Å². The average Bonchev–Trinajstić information content (AvgIpc) is 3.37. The summed E-state index contributed by atoms with van der Waals surface area (Å²) >= 11 is 0. The highest BCUT2D eigenvalue weighted by Gasteiger charge is 2.39. The summed E-state index contributed by atoms with van der Waals surface area (Å²) in [7, 11) is 0. The Morgan fingerprint density at radius 2 is 2.00 bits per heavy atom. The fraction of sp³-hybridized carbons (Fsp3) is 0.500. The summed E-state index contributed by atoms with van der Waals surface area (Å²) in [4.78, 5) is 9.08. The van der Waals surface area contributed by atoms with Crippen molar-refractivity contribution in [2.45, 2.75) is 57.8 Å². The molecular formula is C22H27FN6O. The number of aromatic nitrogens is 4. The first-order valence-corrected chi connectivity index (χ1v) is 10.7. The lowest BCUT2D eigenvalue weighted by Gasteiger charge is -2.17. The van der Waals surface area contributed by atoms with Gasteiger partial charge in [-0.3, -0.25) is 5.21 Å². The van der Waals surface area contributed by atoms with Crippen LogP contribution >= 0.6 is 0 Å². The monoisotopic (exact) mass is 410 g/mol. The van der Waals surface area contributed by atoms with Crippen LogP contribution in [0.1, 0.15) is 57.2 Å².